The highest BCUT2D eigenvalue weighted by Gasteiger charge is 2.38. The number of thiocarbonyl (C=S) groups is 1. The molecule has 0 spiro atoms. The summed E-state index contributed by atoms with van der Waals surface area (Å²) >= 11 is 5.65. The normalized spacial score (nSPS) is 24.6. The van der Waals surface area contributed by atoms with E-state index in [2.05, 4.69) is 77.9 Å². The Balaban J connectivity index is 1.37. The average molecular weight is 394 g/mol. The van der Waals surface area contributed by atoms with Gasteiger partial charge in [0.05, 0.1) is 0 Å². The second-order valence-electron chi connectivity index (χ2n) is 8.41. The molecule has 2 N–H and O–H groups in total. The summed E-state index contributed by atoms with van der Waals surface area (Å²) in [5.41, 5.74) is 5.09. The molecule has 2 aliphatic rings. The molecule has 0 amide bonds. The summed E-state index contributed by atoms with van der Waals surface area (Å²) in [6.45, 7) is 5.36. The van der Waals surface area contributed by atoms with Gasteiger partial charge in [-0.2, -0.15) is 0 Å². The zero-order chi connectivity index (χ0) is 19.5. The first-order chi connectivity index (χ1) is 13.6. The lowest BCUT2D eigenvalue weighted by molar-refractivity contribution is 0.0212. The lowest BCUT2D eigenvalue weighted by atomic mass is 9.81. The smallest absolute Gasteiger partial charge is 0.171 e. The van der Waals surface area contributed by atoms with Gasteiger partial charge in [-0.3, -0.25) is 4.90 Å². The Bertz CT molecular complexity index is 806. The largest absolute Gasteiger partial charge is 0.360 e. The first kappa shape index (κ1) is 19.4. The number of anilines is 1. The molecule has 2 heterocycles. The highest BCUT2D eigenvalue weighted by Crippen LogP contribution is 2.35. The van der Waals surface area contributed by atoms with Crippen molar-refractivity contribution in [2.75, 3.05) is 5.32 Å². The van der Waals surface area contributed by atoms with Crippen LogP contribution in [0.5, 0.6) is 0 Å². The van der Waals surface area contributed by atoms with Gasteiger partial charge in [0.1, 0.15) is 0 Å². The van der Waals surface area contributed by atoms with E-state index in [4.69, 9.17) is 12.2 Å². The van der Waals surface area contributed by atoms with Crippen molar-refractivity contribution in [1.29, 1.82) is 0 Å². The fraction of sp³-hybridized carbons (Fsp3) is 0.458. The van der Waals surface area contributed by atoms with Crippen LogP contribution < -0.4 is 10.6 Å². The Morgan fingerprint density at radius 3 is 2.43 bits per heavy atom. The van der Waals surface area contributed by atoms with Crippen molar-refractivity contribution in [3.8, 4) is 0 Å². The standard InChI is InChI=1S/C24H31N3S/c1-17-8-6-13-23(18(17)2)26-24(28)25-20-14-21-11-7-12-22(15-20)27(21)16-19-9-4-3-5-10-19/h3-6,8-10,13,20-22H,7,11-12,14-16H2,1-2H3,(H2,25,26,28)/t20?,21-,22+. The minimum absolute atomic E-state index is 0.465. The third kappa shape index (κ3) is 4.39. The maximum Gasteiger partial charge on any atom is 0.171 e. The minimum atomic E-state index is 0.465. The van der Waals surface area contributed by atoms with Gasteiger partial charge in [-0.1, -0.05) is 48.9 Å². The van der Waals surface area contributed by atoms with Crippen LogP contribution in [-0.4, -0.2) is 28.1 Å². The number of hydrogen-bond donors (Lipinski definition) is 2. The van der Waals surface area contributed by atoms with Crippen LogP contribution in [0.1, 0.15) is 48.8 Å². The molecule has 0 aromatic heterocycles. The molecule has 0 saturated carbocycles. The Morgan fingerprint density at radius 2 is 1.71 bits per heavy atom. The van der Waals surface area contributed by atoms with Gasteiger partial charge >= 0.3 is 0 Å². The van der Waals surface area contributed by atoms with E-state index in [1.54, 1.807) is 0 Å². The fourth-order valence-electron chi connectivity index (χ4n) is 4.88. The molecular formula is C24H31N3S. The number of hydrogen-bond acceptors (Lipinski definition) is 2. The van der Waals surface area contributed by atoms with Gasteiger partial charge in [0.2, 0.25) is 0 Å². The lowest BCUT2D eigenvalue weighted by Gasteiger charge is -2.49. The lowest BCUT2D eigenvalue weighted by Crippen LogP contribution is -2.56. The SMILES string of the molecule is Cc1cccc(NC(=S)NC2C[C@H]3CCC[C@@H](C2)N3Cc2ccccc2)c1C. The predicted octanol–water partition coefficient (Wildman–Crippen LogP) is 5.18. The summed E-state index contributed by atoms with van der Waals surface area (Å²) in [5.74, 6) is 0. The molecule has 28 heavy (non-hydrogen) atoms. The summed E-state index contributed by atoms with van der Waals surface area (Å²) in [4.78, 5) is 2.75. The van der Waals surface area contributed by atoms with E-state index < -0.39 is 0 Å². The molecule has 4 rings (SSSR count). The Labute approximate surface area is 174 Å². The van der Waals surface area contributed by atoms with Crippen molar-refractivity contribution in [2.45, 2.75) is 70.6 Å². The van der Waals surface area contributed by atoms with Crippen LogP contribution in [0.2, 0.25) is 0 Å². The molecule has 2 bridgehead atoms. The zero-order valence-corrected chi connectivity index (χ0v) is 17.8. The van der Waals surface area contributed by atoms with E-state index in [1.165, 1.54) is 48.8 Å². The van der Waals surface area contributed by atoms with Gasteiger partial charge in [-0.25, -0.2) is 0 Å². The molecule has 1 unspecified atom stereocenters. The van der Waals surface area contributed by atoms with Crippen LogP contribution in [0.3, 0.4) is 0 Å². The van der Waals surface area contributed by atoms with Gasteiger partial charge in [0.15, 0.2) is 5.11 Å². The van der Waals surface area contributed by atoms with E-state index >= 15 is 0 Å². The van der Waals surface area contributed by atoms with Gasteiger partial charge in [-0.15, -0.1) is 0 Å². The van der Waals surface area contributed by atoms with E-state index in [0.29, 0.717) is 18.1 Å². The Morgan fingerprint density at radius 1 is 1.00 bits per heavy atom. The van der Waals surface area contributed by atoms with Gasteiger partial charge in [0.25, 0.3) is 0 Å². The molecule has 2 aromatic rings. The van der Waals surface area contributed by atoms with Crippen molar-refractivity contribution in [3.63, 3.8) is 0 Å². The summed E-state index contributed by atoms with van der Waals surface area (Å²) < 4.78 is 0. The molecule has 2 aliphatic heterocycles. The molecule has 3 atom stereocenters. The van der Waals surface area contributed by atoms with E-state index in [-0.39, 0.29) is 0 Å². The second-order valence-corrected chi connectivity index (χ2v) is 8.82. The fourth-order valence-corrected chi connectivity index (χ4v) is 5.16. The van der Waals surface area contributed by atoms with Crippen molar-refractivity contribution in [3.05, 3.63) is 65.2 Å². The molecule has 0 aliphatic carbocycles. The number of rotatable bonds is 4. The quantitative estimate of drug-likeness (QED) is 0.700. The summed E-state index contributed by atoms with van der Waals surface area (Å²) in [6, 6.07) is 19.0. The topological polar surface area (TPSA) is 27.3 Å². The van der Waals surface area contributed by atoms with Gasteiger partial charge in [-0.05, 0) is 74.5 Å². The van der Waals surface area contributed by atoms with E-state index in [0.717, 1.165) is 17.3 Å². The molecular weight excluding hydrogens is 362 g/mol. The van der Waals surface area contributed by atoms with E-state index in [9.17, 15) is 0 Å². The van der Waals surface area contributed by atoms with Gasteiger partial charge in [0, 0.05) is 30.4 Å². The first-order valence-corrected chi connectivity index (χ1v) is 10.9. The maximum atomic E-state index is 5.65. The molecule has 148 valence electrons. The van der Waals surface area contributed by atoms with Crippen LogP contribution in [0.4, 0.5) is 5.69 Å². The van der Waals surface area contributed by atoms with Gasteiger partial charge < -0.3 is 10.6 Å². The highest BCUT2D eigenvalue weighted by molar-refractivity contribution is 7.80. The van der Waals surface area contributed by atoms with Crippen LogP contribution in [-0.2, 0) is 6.54 Å². The number of nitrogens with zero attached hydrogens (tertiary/aromatic N) is 1. The number of fused-ring (bicyclic) bond motifs is 2. The van der Waals surface area contributed by atoms with E-state index in [1.807, 2.05) is 0 Å². The molecule has 0 radical (unpaired) electrons. The first-order valence-electron chi connectivity index (χ1n) is 10.5. The second kappa shape index (κ2) is 8.62. The number of benzene rings is 2. The predicted molar refractivity (Wildman–Crippen MR) is 122 cm³/mol. The molecule has 4 heteroatoms. The molecule has 2 saturated heterocycles. The van der Waals surface area contributed by atoms with Crippen LogP contribution >= 0.6 is 12.2 Å². The Hall–Kier alpha value is -1.91. The van der Waals surface area contributed by atoms with Crippen LogP contribution in [0.25, 0.3) is 0 Å². The van der Waals surface area contributed by atoms with Crippen molar-refractivity contribution in [2.24, 2.45) is 0 Å². The zero-order valence-electron chi connectivity index (χ0n) is 16.9. The summed E-state index contributed by atoms with van der Waals surface area (Å²) in [7, 11) is 0. The highest BCUT2D eigenvalue weighted by atomic mass is 32.1. The minimum Gasteiger partial charge on any atom is -0.360 e. The van der Waals surface area contributed by atoms with Crippen molar-refractivity contribution in [1.82, 2.24) is 10.2 Å². The Kier molecular flexibility index (Phi) is 5.98. The van der Waals surface area contributed by atoms with Crippen LogP contribution in [0, 0.1) is 13.8 Å². The number of piperidine rings is 2. The summed E-state index contributed by atoms with van der Waals surface area (Å²) in [6.07, 6.45) is 6.33. The monoisotopic (exact) mass is 393 g/mol. The van der Waals surface area contributed by atoms with Crippen LogP contribution in [0.15, 0.2) is 48.5 Å². The third-order valence-electron chi connectivity index (χ3n) is 6.52. The molecule has 2 fully saturated rings. The van der Waals surface area contributed by atoms with Crippen molar-refractivity contribution < 1.29 is 0 Å². The number of aryl methyl sites for hydroxylation is 1. The number of nitrogens with one attached hydrogen (secondary N) is 2. The molecule has 3 nitrogen and oxygen atoms in total. The third-order valence-corrected chi connectivity index (χ3v) is 6.74. The maximum absolute atomic E-state index is 5.65. The summed E-state index contributed by atoms with van der Waals surface area (Å²) in [5, 5.41) is 7.80. The molecule has 2 aromatic carbocycles. The van der Waals surface area contributed by atoms with Crippen molar-refractivity contribution >= 4 is 23.0 Å². The average Bonchev–Trinajstić information content (AvgIpc) is 2.67.